The molecule has 0 amide bonds. The van der Waals surface area contributed by atoms with Crippen molar-refractivity contribution in [1.82, 2.24) is 14.9 Å². The number of H-pyrrole nitrogens is 1. The van der Waals surface area contributed by atoms with Gasteiger partial charge in [-0.3, -0.25) is 9.69 Å². The van der Waals surface area contributed by atoms with Crippen LogP contribution in [0.15, 0.2) is 53.3 Å². The highest BCUT2D eigenvalue weighted by atomic mass is 16.1. The van der Waals surface area contributed by atoms with Crippen LogP contribution in [0.2, 0.25) is 0 Å². The van der Waals surface area contributed by atoms with Gasteiger partial charge in [-0.05, 0) is 42.6 Å². The predicted octanol–water partition coefficient (Wildman–Crippen LogP) is 4.41. The predicted molar refractivity (Wildman–Crippen MR) is 107 cm³/mol. The monoisotopic (exact) mass is 349 g/mol. The molecular weight excluding hydrogens is 322 g/mol. The summed E-state index contributed by atoms with van der Waals surface area (Å²) in [4.78, 5) is 22.1. The maximum absolute atomic E-state index is 12.3. The molecule has 0 saturated heterocycles. The second-order valence-electron chi connectivity index (χ2n) is 8.01. The zero-order valence-electron chi connectivity index (χ0n) is 16.2. The van der Waals surface area contributed by atoms with E-state index in [2.05, 4.69) is 73.9 Å². The molecule has 0 unspecified atom stereocenters. The van der Waals surface area contributed by atoms with Crippen molar-refractivity contribution in [2.75, 3.05) is 7.05 Å². The van der Waals surface area contributed by atoms with E-state index in [1.54, 1.807) is 6.07 Å². The number of benzene rings is 2. The number of fused-ring (bicyclic) bond motifs is 1. The fourth-order valence-electron chi connectivity index (χ4n) is 3.05. The summed E-state index contributed by atoms with van der Waals surface area (Å²) in [5.41, 5.74) is 3.39. The highest BCUT2D eigenvalue weighted by Gasteiger charge is 2.17. The molecule has 4 nitrogen and oxygen atoms in total. The Labute approximate surface area is 154 Å². The van der Waals surface area contributed by atoms with Gasteiger partial charge in [0, 0.05) is 6.54 Å². The molecule has 0 saturated carbocycles. The van der Waals surface area contributed by atoms with Crippen LogP contribution in [-0.4, -0.2) is 21.9 Å². The molecule has 26 heavy (non-hydrogen) atoms. The molecule has 1 heterocycles. The Morgan fingerprint density at radius 3 is 2.38 bits per heavy atom. The molecule has 0 aliphatic carbocycles. The quantitative estimate of drug-likeness (QED) is 0.759. The van der Waals surface area contributed by atoms with Gasteiger partial charge in [-0.15, -0.1) is 0 Å². The summed E-state index contributed by atoms with van der Waals surface area (Å²) >= 11 is 0. The largest absolute Gasteiger partial charge is 0.309 e. The first-order chi connectivity index (χ1) is 12.3. The summed E-state index contributed by atoms with van der Waals surface area (Å²) in [5.74, 6) is 0.697. The van der Waals surface area contributed by atoms with Crippen molar-refractivity contribution in [3.05, 3.63) is 75.8 Å². The van der Waals surface area contributed by atoms with Crippen LogP contribution in [0.1, 0.15) is 50.7 Å². The van der Waals surface area contributed by atoms with Crippen LogP contribution in [0.4, 0.5) is 0 Å². The van der Waals surface area contributed by atoms with Crippen LogP contribution < -0.4 is 5.56 Å². The van der Waals surface area contributed by atoms with E-state index in [9.17, 15) is 4.79 Å². The van der Waals surface area contributed by atoms with Crippen molar-refractivity contribution in [2.45, 2.75) is 45.7 Å². The smallest absolute Gasteiger partial charge is 0.258 e. The molecule has 0 bridgehead atoms. The van der Waals surface area contributed by atoms with Crippen LogP contribution in [0.25, 0.3) is 10.9 Å². The van der Waals surface area contributed by atoms with Crippen molar-refractivity contribution < 1.29 is 0 Å². The average molecular weight is 349 g/mol. The minimum absolute atomic E-state index is 0.00889. The fourth-order valence-corrected chi connectivity index (χ4v) is 3.05. The maximum atomic E-state index is 12.3. The zero-order valence-corrected chi connectivity index (χ0v) is 16.2. The number of aromatic amines is 1. The Kier molecular flexibility index (Phi) is 4.97. The van der Waals surface area contributed by atoms with Gasteiger partial charge in [-0.2, -0.15) is 0 Å². The minimum atomic E-state index is -0.0830. The lowest BCUT2D eigenvalue weighted by molar-refractivity contribution is 0.244. The van der Waals surface area contributed by atoms with E-state index in [1.807, 2.05) is 18.2 Å². The summed E-state index contributed by atoms with van der Waals surface area (Å²) in [6.07, 6.45) is 0. The Morgan fingerprint density at radius 2 is 1.73 bits per heavy atom. The number of rotatable bonds is 4. The molecule has 1 aromatic heterocycles. The molecule has 0 aliphatic rings. The Morgan fingerprint density at radius 1 is 1.08 bits per heavy atom. The summed E-state index contributed by atoms with van der Waals surface area (Å²) in [6.45, 7) is 9.52. The number of nitrogens with one attached hydrogen (secondary N) is 1. The van der Waals surface area contributed by atoms with E-state index in [-0.39, 0.29) is 17.0 Å². The molecule has 3 aromatic rings. The lowest BCUT2D eigenvalue weighted by Gasteiger charge is -2.25. The van der Waals surface area contributed by atoms with E-state index in [4.69, 9.17) is 0 Å². The third-order valence-corrected chi connectivity index (χ3v) is 4.94. The average Bonchev–Trinajstić information content (AvgIpc) is 2.60. The second-order valence-corrected chi connectivity index (χ2v) is 8.01. The SMILES string of the molecule is C[C@@H](c1nc2ccccc2c(=O)[nH]1)N(C)Cc1ccc(C(C)(C)C)cc1. The Hall–Kier alpha value is -2.46. The standard InChI is InChI=1S/C22H27N3O/c1-15(20-23-19-9-7-6-8-18(19)21(26)24-20)25(5)14-16-10-12-17(13-11-16)22(2,3)4/h6-13,15H,14H2,1-5H3,(H,23,24,26)/t15-/m0/s1. The first-order valence-corrected chi connectivity index (χ1v) is 9.04. The molecule has 0 spiro atoms. The van der Waals surface area contributed by atoms with Gasteiger partial charge in [0.15, 0.2) is 0 Å². The third-order valence-electron chi connectivity index (χ3n) is 4.94. The molecule has 136 valence electrons. The van der Waals surface area contributed by atoms with Crippen molar-refractivity contribution in [3.63, 3.8) is 0 Å². The molecule has 1 N–H and O–H groups in total. The Bertz CT molecular complexity index is 952. The third kappa shape index (κ3) is 3.86. The van der Waals surface area contributed by atoms with E-state index in [0.717, 1.165) is 12.1 Å². The number of nitrogens with zero attached hydrogens (tertiary/aromatic N) is 2. The van der Waals surface area contributed by atoms with E-state index in [1.165, 1.54) is 11.1 Å². The van der Waals surface area contributed by atoms with Crippen LogP contribution in [-0.2, 0) is 12.0 Å². The molecule has 0 fully saturated rings. The number of para-hydroxylation sites is 1. The van der Waals surface area contributed by atoms with Crippen molar-refractivity contribution in [3.8, 4) is 0 Å². The Balaban J connectivity index is 1.79. The van der Waals surface area contributed by atoms with Gasteiger partial charge in [0.25, 0.3) is 5.56 Å². The van der Waals surface area contributed by atoms with Crippen LogP contribution >= 0.6 is 0 Å². The molecular formula is C22H27N3O. The first kappa shape index (κ1) is 18.3. The van der Waals surface area contributed by atoms with Crippen molar-refractivity contribution in [2.24, 2.45) is 0 Å². The van der Waals surface area contributed by atoms with Crippen LogP contribution in [0.5, 0.6) is 0 Å². The van der Waals surface area contributed by atoms with E-state index in [0.29, 0.717) is 11.2 Å². The highest BCUT2D eigenvalue weighted by molar-refractivity contribution is 5.77. The normalized spacial score (nSPS) is 13.3. The lowest BCUT2D eigenvalue weighted by atomic mass is 9.87. The van der Waals surface area contributed by atoms with Crippen molar-refractivity contribution >= 4 is 10.9 Å². The second kappa shape index (κ2) is 7.04. The fraction of sp³-hybridized carbons (Fsp3) is 0.364. The molecule has 0 radical (unpaired) electrons. The van der Waals surface area contributed by atoms with Gasteiger partial charge in [-0.1, -0.05) is 57.2 Å². The number of hydrogen-bond donors (Lipinski definition) is 1. The molecule has 4 heteroatoms. The van der Waals surface area contributed by atoms with Gasteiger partial charge >= 0.3 is 0 Å². The summed E-state index contributed by atoms with van der Waals surface area (Å²) in [6, 6.07) is 16.2. The minimum Gasteiger partial charge on any atom is -0.309 e. The molecule has 0 aliphatic heterocycles. The van der Waals surface area contributed by atoms with Gasteiger partial charge in [0.2, 0.25) is 0 Å². The van der Waals surface area contributed by atoms with Gasteiger partial charge in [-0.25, -0.2) is 4.98 Å². The van der Waals surface area contributed by atoms with Gasteiger partial charge in [0.1, 0.15) is 5.82 Å². The zero-order chi connectivity index (χ0) is 18.9. The first-order valence-electron chi connectivity index (χ1n) is 9.04. The molecule has 1 atom stereocenters. The molecule has 2 aromatic carbocycles. The van der Waals surface area contributed by atoms with E-state index < -0.39 is 0 Å². The van der Waals surface area contributed by atoms with Gasteiger partial charge in [0.05, 0.1) is 16.9 Å². The maximum Gasteiger partial charge on any atom is 0.258 e. The van der Waals surface area contributed by atoms with Crippen LogP contribution in [0.3, 0.4) is 0 Å². The van der Waals surface area contributed by atoms with Crippen LogP contribution in [0, 0.1) is 0 Å². The highest BCUT2D eigenvalue weighted by Crippen LogP contribution is 2.23. The van der Waals surface area contributed by atoms with E-state index >= 15 is 0 Å². The van der Waals surface area contributed by atoms with Crippen molar-refractivity contribution in [1.29, 1.82) is 0 Å². The summed E-state index contributed by atoms with van der Waals surface area (Å²) in [7, 11) is 2.05. The summed E-state index contributed by atoms with van der Waals surface area (Å²) in [5, 5.41) is 0.629. The number of aromatic nitrogens is 2. The number of hydrogen-bond acceptors (Lipinski definition) is 3. The topological polar surface area (TPSA) is 49.0 Å². The summed E-state index contributed by atoms with van der Waals surface area (Å²) < 4.78 is 0. The molecule has 3 rings (SSSR count). The lowest BCUT2D eigenvalue weighted by Crippen LogP contribution is -2.26. The van der Waals surface area contributed by atoms with Gasteiger partial charge < -0.3 is 4.98 Å².